The van der Waals surface area contributed by atoms with E-state index in [1.165, 1.54) is 77.0 Å². The molecule has 0 fully saturated rings. The number of esters is 1. The molecule has 0 bridgehead atoms. The first kappa shape index (κ1) is 51.5. The van der Waals surface area contributed by atoms with Gasteiger partial charge in [-0.15, -0.1) is 0 Å². The quantitative estimate of drug-likeness (QED) is 0.0202. The van der Waals surface area contributed by atoms with E-state index in [9.17, 15) is 14.3 Å². The fourth-order valence-corrected chi connectivity index (χ4v) is 6.32. The summed E-state index contributed by atoms with van der Waals surface area (Å²) in [6.07, 6.45) is 44.0. The zero-order valence-corrected chi connectivity index (χ0v) is 35.8. The summed E-state index contributed by atoms with van der Waals surface area (Å²) in [6.45, 7) is 5.27. The van der Waals surface area contributed by atoms with Gasteiger partial charge in [0.1, 0.15) is 19.3 Å². The number of unbranched alkanes of at least 4 members (excludes halogenated alkanes) is 17. The number of rotatable bonds is 39. The van der Waals surface area contributed by atoms with E-state index in [1.54, 1.807) is 0 Å². The molecule has 2 atom stereocenters. The van der Waals surface area contributed by atoms with Crippen molar-refractivity contribution in [3.8, 4) is 0 Å². The van der Waals surface area contributed by atoms with E-state index in [2.05, 4.69) is 62.5 Å². The Kier molecular flexibility index (Phi) is 36.3. The van der Waals surface area contributed by atoms with Gasteiger partial charge in [0.2, 0.25) is 0 Å². The maximum atomic E-state index is 12.7. The molecule has 0 rings (SSSR count). The zero-order chi connectivity index (χ0) is 39.1. The van der Waals surface area contributed by atoms with Gasteiger partial charge in [-0.3, -0.25) is 9.36 Å². The Bertz CT molecular complexity index is 989. The van der Waals surface area contributed by atoms with Crippen LogP contribution in [0.4, 0.5) is 0 Å². The second-order valence-corrected chi connectivity index (χ2v) is 16.7. The van der Waals surface area contributed by atoms with Crippen molar-refractivity contribution in [2.75, 3.05) is 54.1 Å². The van der Waals surface area contributed by atoms with Gasteiger partial charge >= 0.3 is 5.97 Å². The molecule has 9 heteroatoms. The van der Waals surface area contributed by atoms with E-state index in [0.717, 1.165) is 70.6 Å². The first-order valence-electron chi connectivity index (χ1n) is 21.4. The van der Waals surface area contributed by atoms with Crippen LogP contribution in [-0.4, -0.2) is 70.7 Å². The summed E-state index contributed by atoms with van der Waals surface area (Å²) in [6, 6.07) is 0. The van der Waals surface area contributed by atoms with Crippen LogP contribution < -0.4 is 4.89 Å². The average Bonchev–Trinajstić information content (AvgIpc) is 3.11. The van der Waals surface area contributed by atoms with Crippen LogP contribution in [0, 0.1) is 0 Å². The number of phosphoric ester groups is 1. The van der Waals surface area contributed by atoms with Gasteiger partial charge in [-0.05, 0) is 51.4 Å². The highest BCUT2D eigenvalue weighted by molar-refractivity contribution is 7.45. The highest BCUT2D eigenvalue weighted by Gasteiger charge is 2.20. The van der Waals surface area contributed by atoms with Crippen LogP contribution in [0.3, 0.4) is 0 Å². The minimum absolute atomic E-state index is 0.0205. The van der Waals surface area contributed by atoms with Gasteiger partial charge in [-0.2, -0.15) is 0 Å². The Morgan fingerprint density at radius 3 is 1.64 bits per heavy atom. The Hall–Kier alpha value is -1.54. The lowest BCUT2D eigenvalue weighted by Crippen LogP contribution is -2.37. The van der Waals surface area contributed by atoms with Crippen molar-refractivity contribution < 1.29 is 37.3 Å². The fourth-order valence-electron chi connectivity index (χ4n) is 5.60. The molecular weight excluding hydrogens is 685 g/mol. The summed E-state index contributed by atoms with van der Waals surface area (Å²) in [7, 11) is 1.34. The van der Waals surface area contributed by atoms with E-state index < -0.39 is 13.9 Å². The lowest BCUT2D eigenvalue weighted by atomic mass is 10.0. The number of hydrogen-bond acceptors (Lipinski definition) is 7. The number of ether oxygens (including phenoxy) is 2. The van der Waals surface area contributed by atoms with Gasteiger partial charge in [-0.1, -0.05) is 159 Å². The minimum atomic E-state index is -4.53. The third-order valence-corrected chi connectivity index (χ3v) is 9.86. The van der Waals surface area contributed by atoms with Crippen LogP contribution >= 0.6 is 7.82 Å². The standard InChI is InChI=1S/C44H82NO7P/c1-6-8-10-12-14-16-18-20-22-23-24-25-27-29-31-33-35-37-44(46)52-43(42-51-53(47,48)50-40-38-45(3,4)5)41-49-39-36-34-32-30-28-26-21-19-17-15-13-11-9-7-2/h8,10,14,16,20,22,24-25,43H,6-7,9,11-13,15,17-19,21,23,26-42H2,1-5H3/b10-8-,16-14-,22-20-,25-24-. The number of nitrogens with zero attached hydrogens (tertiary/aromatic N) is 1. The van der Waals surface area contributed by atoms with Gasteiger partial charge in [0.05, 0.1) is 34.4 Å². The topological polar surface area (TPSA) is 94.1 Å². The molecule has 0 heterocycles. The molecule has 0 N–H and O–H groups in total. The maximum absolute atomic E-state index is 12.7. The number of allylic oxidation sites excluding steroid dienone is 8. The van der Waals surface area contributed by atoms with Crippen LogP contribution in [0.5, 0.6) is 0 Å². The van der Waals surface area contributed by atoms with Crippen LogP contribution in [-0.2, 0) is 27.9 Å². The monoisotopic (exact) mass is 768 g/mol. The summed E-state index contributed by atoms with van der Waals surface area (Å²) < 4.78 is 34.5. The van der Waals surface area contributed by atoms with Crippen molar-refractivity contribution in [1.82, 2.24) is 0 Å². The van der Waals surface area contributed by atoms with Crippen LogP contribution in [0.1, 0.15) is 168 Å². The van der Waals surface area contributed by atoms with Crippen LogP contribution in [0.25, 0.3) is 0 Å². The predicted molar refractivity (Wildman–Crippen MR) is 222 cm³/mol. The van der Waals surface area contributed by atoms with Gasteiger partial charge < -0.3 is 27.9 Å². The second kappa shape index (κ2) is 37.4. The lowest BCUT2D eigenvalue weighted by Gasteiger charge is -2.28. The third-order valence-electron chi connectivity index (χ3n) is 8.89. The molecule has 0 aliphatic rings. The Balaban J connectivity index is 4.30. The van der Waals surface area contributed by atoms with Crippen molar-refractivity contribution in [3.63, 3.8) is 0 Å². The van der Waals surface area contributed by atoms with Gasteiger partial charge in [0, 0.05) is 13.0 Å². The molecule has 0 radical (unpaired) electrons. The zero-order valence-electron chi connectivity index (χ0n) is 35.0. The summed E-state index contributed by atoms with van der Waals surface area (Å²) in [5.41, 5.74) is 0. The summed E-state index contributed by atoms with van der Waals surface area (Å²) in [4.78, 5) is 25.0. The fraction of sp³-hybridized carbons (Fsp3) is 0.795. The minimum Gasteiger partial charge on any atom is -0.756 e. The van der Waals surface area contributed by atoms with Crippen LogP contribution in [0.2, 0.25) is 0 Å². The van der Waals surface area contributed by atoms with Crippen LogP contribution in [0.15, 0.2) is 48.6 Å². The number of likely N-dealkylation sites (N-methyl/N-ethyl adjacent to an activating group) is 1. The molecule has 0 aromatic carbocycles. The number of carbonyl (C=O) groups is 1. The molecule has 0 aromatic heterocycles. The maximum Gasteiger partial charge on any atom is 0.306 e. The smallest absolute Gasteiger partial charge is 0.306 e. The first-order chi connectivity index (χ1) is 25.6. The molecule has 310 valence electrons. The molecule has 0 aromatic rings. The molecule has 0 saturated carbocycles. The van der Waals surface area contributed by atoms with Crippen molar-refractivity contribution >= 4 is 13.8 Å². The van der Waals surface area contributed by atoms with E-state index >= 15 is 0 Å². The summed E-state index contributed by atoms with van der Waals surface area (Å²) >= 11 is 0. The average molecular weight is 768 g/mol. The number of phosphoric acid groups is 1. The SMILES string of the molecule is CC/C=C\C/C=C\C/C=C\C/C=C\CCCCCCC(=O)OC(COCCCCCCCCCCCCCCCC)COP(=O)([O-])OCC[N+](C)(C)C. The summed E-state index contributed by atoms with van der Waals surface area (Å²) in [5, 5.41) is 0. The molecule has 2 unspecified atom stereocenters. The molecule has 0 spiro atoms. The molecule has 0 aliphatic carbocycles. The molecule has 0 amide bonds. The molecule has 8 nitrogen and oxygen atoms in total. The highest BCUT2D eigenvalue weighted by Crippen LogP contribution is 2.38. The second-order valence-electron chi connectivity index (χ2n) is 15.3. The van der Waals surface area contributed by atoms with Crippen molar-refractivity contribution in [1.29, 1.82) is 0 Å². The van der Waals surface area contributed by atoms with Gasteiger partial charge in [-0.25, -0.2) is 0 Å². The number of carbonyl (C=O) groups excluding carboxylic acids is 1. The Morgan fingerprint density at radius 2 is 1.09 bits per heavy atom. The summed E-state index contributed by atoms with van der Waals surface area (Å²) in [5.74, 6) is -0.357. The van der Waals surface area contributed by atoms with E-state index in [0.29, 0.717) is 17.6 Å². The number of quaternary nitrogens is 1. The van der Waals surface area contributed by atoms with E-state index in [1.807, 2.05) is 21.1 Å². The Labute approximate surface area is 327 Å². The predicted octanol–water partition coefficient (Wildman–Crippen LogP) is 11.7. The molecular formula is C44H82NO7P. The van der Waals surface area contributed by atoms with Crippen molar-refractivity contribution in [2.24, 2.45) is 0 Å². The van der Waals surface area contributed by atoms with Crippen molar-refractivity contribution in [2.45, 2.75) is 174 Å². The third kappa shape index (κ3) is 41.5. The first-order valence-corrected chi connectivity index (χ1v) is 22.8. The van der Waals surface area contributed by atoms with Gasteiger partial charge in [0.15, 0.2) is 0 Å². The van der Waals surface area contributed by atoms with E-state index in [-0.39, 0.29) is 32.2 Å². The van der Waals surface area contributed by atoms with Crippen molar-refractivity contribution in [3.05, 3.63) is 48.6 Å². The largest absolute Gasteiger partial charge is 0.756 e. The van der Waals surface area contributed by atoms with Gasteiger partial charge in [0.25, 0.3) is 7.82 Å². The molecule has 0 saturated heterocycles. The Morgan fingerprint density at radius 1 is 0.604 bits per heavy atom. The molecule has 53 heavy (non-hydrogen) atoms. The normalized spacial score (nSPS) is 14.3. The van der Waals surface area contributed by atoms with E-state index in [4.69, 9.17) is 18.5 Å². The highest BCUT2D eigenvalue weighted by atomic mass is 31.2. The molecule has 0 aliphatic heterocycles. The lowest BCUT2D eigenvalue weighted by molar-refractivity contribution is -0.870. The number of hydrogen-bond donors (Lipinski definition) is 0.